The van der Waals surface area contributed by atoms with E-state index in [9.17, 15) is 4.79 Å². The summed E-state index contributed by atoms with van der Waals surface area (Å²) >= 11 is 1.63. The van der Waals surface area contributed by atoms with E-state index in [0.717, 1.165) is 40.7 Å². The predicted octanol–water partition coefficient (Wildman–Crippen LogP) is 2.78. The summed E-state index contributed by atoms with van der Waals surface area (Å²) in [5.41, 5.74) is 1.82. The third-order valence-corrected chi connectivity index (χ3v) is 6.15. The number of rotatable bonds is 6. The fourth-order valence-electron chi connectivity index (χ4n) is 3.70. The SMILES string of the molecule is COc1ccc(OC)c([C@@H]2CC(c3cccs3)=NN2C(=O)CN2CCOCC2)c1. The number of nitrogens with zero attached hydrogens (tertiary/aromatic N) is 3. The van der Waals surface area contributed by atoms with Crippen LogP contribution in [0.1, 0.15) is 22.9 Å². The van der Waals surface area contributed by atoms with E-state index in [0.29, 0.717) is 26.2 Å². The molecule has 154 valence electrons. The van der Waals surface area contributed by atoms with Crippen molar-refractivity contribution in [1.82, 2.24) is 9.91 Å². The molecule has 1 fully saturated rings. The molecule has 0 bridgehead atoms. The third kappa shape index (κ3) is 4.29. The molecule has 8 heteroatoms. The summed E-state index contributed by atoms with van der Waals surface area (Å²) in [4.78, 5) is 16.4. The van der Waals surface area contributed by atoms with Crippen LogP contribution in [-0.2, 0) is 9.53 Å². The number of ether oxygens (including phenoxy) is 3. The van der Waals surface area contributed by atoms with Gasteiger partial charge in [-0.15, -0.1) is 11.3 Å². The molecule has 2 aliphatic rings. The molecule has 1 aromatic heterocycles. The van der Waals surface area contributed by atoms with Crippen molar-refractivity contribution in [2.24, 2.45) is 5.10 Å². The van der Waals surface area contributed by atoms with Gasteiger partial charge in [-0.1, -0.05) is 6.07 Å². The highest BCUT2D eigenvalue weighted by Crippen LogP contribution is 2.39. The molecule has 1 aromatic carbocycles. The van der Waals surface area contributed by atoms with Crippen LogP contribution in [0, 0.1) is 0 Å². The molecule has 2 aliphatic heterocycles. The minimum absolute atomic E-state index is 0.0201. The lowest BCUT2D eigenvalue weighted by Crippen LogP contribution is -2.43. The van der Waals surface area contributed by atoms with Gasteiger partial charge in [0.05, 0.1) is 50.6 Å². The highest BCUT2D eigenvalue weighted by atomic mass is 32.1. The first kappa shape index (κ1) is 19.9. The second-order valence-electron chi connectivity index (χ2n) is 6.98. The van der Waals surface area contributed by atoms with Crippen LogP contribution in [0.4, 0.5) is 0 Å². The molecule has 1 atom stereocenters. The second kappa shape index (κ2) is 8.94. The first-order chi connectivity index (χ1) is 14.2. The summed E-state index contributed by atoms with van der Waals surface area (Å²) in [5, 5.41) is 8.39. The first-order valence-corrected chi connectivity index (χ1v) is 10.5. The number of carbonyl (C=O) groups excluding carboxylic acids is 1. The van der Waals surface area contributed by atoms with Crippen molar-refractivity contribution in [1.29, 1.82) is 0 Å². The molecule has 2 aromatic rings. The fourth-order valence-corrected chi connectivity index (χ4v) is 4.42. The van der Waals surface area contributed by atoms with Crippen LogP contribution in [0.25, 0.3) is 0 Å². The lowest BCUT2D eigenvalue weighted by Gasteiger charge is -2.29. The molecule has 0 radical (unpaired) electrons. The van der Waals surface area contributed by atoms with Crippen molar-refractivity contribution >= 4 is 23.0 Å². The number of carbonyl (C=O) groups is 1. The van der Waals surface area contributed by atoms with Crippen molar-refractivity contribution < 1.29 is 19.0 Å². The smallest absolute Gasteiger partial charge is 0.257 e. The number of hydrogen-bond acceptors (Lipinski definition) is 7. The Kier molecular flexibility index (Phi) is 6.13. The predicted molar refractivity (Wildman–Crippen MR) is 112 cm³/mol. The number of thiophene rings is 1. The highest BCUT2D eigenvalue weighted by molar-refractivity contribution is 7.12. The molecular formula is C21H25N3O4S. The van der Waals surface area contributed by atoms with E-state index >= 15 is 0 Å². The Morgan fingerprint density at radius 3 is 2.76 bits per heavy atom. The van der Waals surface area contributed by atoms with E-state index in [1.165, 1.54) is 0 Å². The largest absolute Gasteiger partial charge is 0.497 e. The summed E-state index contributed by atoms with van der Waals surface area (Å²) in [5.74, 6) is 1.43. The Hall–Kier alpha value is -2.42. The number of hydrogen-bond donors (Lipinski definition) is 0. The molecule has 3 heterocycles. The highest BCUT2D eigenvalue weighted by Gasteiger charge is 2.36. The molecule has 0 spiro atoms. The van der Waals surface area contributed by atoms with Crippen LogP contribution in [0.2, 0.25) is 0 Å². The number of methoxy groups -OCH3 is 2. The van der Waals surface area contributed by atoms with Crippen molar-refractivity contribution in [3.63, 3.8) is 0 Å². The van der Waals surface area contributed by atoms with Crippen LogP contribution >= 0.6 is 11.3 Å². The quantitative estimate of drug-likeness (QED) is 0.726. The lowest BCUT2D eigenvalue weighted by molar-refractivity contribution is -0.135. The molecule has 29 heavy (non-hydrogen) atoms. The van der Waals surface area contributed by atoms with Crippen molar-refractivity contribution in [2.75, 3.05) is 47.1 Å². The van der Waals surface area contributed by atoms with E-state index in [1.54, 1.807) is 30.6 Å². The van der Waals surface area contributed by atoms with Gasteiger partial charge in [0.1, 0.15) is 11.5 Å². The summed E-state index contributed by atoms with van der Waals surface area (Å²) in [6, 6.07) is 9.48. The summed E-state index contributed by atoms with van der Waals surface area (Å²) < 4.78 is 16.4. The van der Waals surface area contributed by atoms with Crippen LogP contribution in [-0.4, -0.2) is 68.6 Å². The lowest BCUT2D eigenvalue weighted by atomic mass is 9.99. The topological polar surface area (TPSA) is 63.6 Å². The molecule has 1 amide bonds. The van der Waals surface area contributed by atoms with Crippen LogP contribution in [0.15, 0.2) is 40.8 Å². The van der Waals surface area contributed by atoms with Crippen LogP contribution in [0.5, 0.6) is 11.5 Å². The average Bonchev–Trinajstić information content (AvgIpc) is 3.44. The van der Waals surface area contributed by atoms with Crippen LogP contribution in [0.3, 0.4) is 0 Å². The minimum atomic E-state index is -0.231. The van der Waals surface area contributed by atoms with Crippen molar-refractivity contribution in [2.45, 2.75) is 12.5 Å². The summed E-state index contributed by atoms with van der Waals surface area (Å²) in [6.07, 6.45) is 0.638. The monoisotopic (exact) mass is 415 g/mol. The van der Waals surface area contributed by atoms with Gasteiger partial charge in [-0.25, -0.2) is 5.01 Å². The van der Waals surface area contributed by atoms with Gasteiger partial charge in [0.25, 0.3) is 5.91 Å². The molecule has 1 saturated heterocycles. The first-order valence-electron chi connectivity index (χ1n) is 9.65. The average molecular weight is 416 g/mol. The maximum atomic E-state index is 13.2. The van der Waals surface area contributed by atoms with Crippen molar-refractivity contribution in [3.8, 4) is 11.5 Å². The number of morpholine rings is 1. The van der Waals surface area contributed by atoms with Gasteiger partial charge in [0, 0.05) is 25.1 Å². The normalized spacial score (nSPS) is 19.9. The van der Waals surface area contributed by atoms with E-state index in [2.05, 4.69) is 4.90 Å². The van der Waals surface area contributed by atoms with E-state index in [4.69, 9.17) is 19.3 Å². The zero-order valence-corrected chi connectivity index (χ0v) is 17.5. The Balaban J connectivity index is 1.65. The van der Waals surface area contributed by atoms with Gasteiger partial charge < -0.3 is 14.2 Å². The Labute approximate surface area is 174 Å². The standard InChI is InChI=1S/C21H25N3O4S/c1-26-15-5-6-19(27-2)16(12-15)18-13-17(20-4-3-11-29-20)22-24(18)21(25)14-23-7-9-28-10-8-23/h3-6,11-12,18H,7-10,13-14H2,1-2H3/t18-/m0/s1. The molecule has 0 N–H and O–H groups in total. The fraction of sp³-hybridized carbons (Fsp3) is 0.429. The minimum Gasteiger partial charge on any atom is -0.497 e. The number of hydrazone groups is 1. The maximum absolute atomic E-state index is 13.2. The Morgan fingerprint density at radius 1 is 1.24 bits per heavy atom. The van der Waals surface area contributed by atoms with Gasteiger partial charge in [-0.3, -0.25) is 9.69 Å². The van der Waals surface area contributed by atoms with Crippen LogP contribution < -0.4 is 9.47 Å². The number of benzene rings is 1. The molecule has 7 nitrogen and oxygen atoms in total. The van der Waals surface area contributed by atoms with Gasteiger partial charge in [-0.2, -0.15) is 5.10 Å². The molecule has 0 aliphatic carbocycles. The second-order valence-corrected chi connectivity index (χ2v) is 7.93. The third-order valence-electron chi connectivity index (χ3n) is 5.23. The molecule has 0 unspecified atom stereocenters. The molecule has 0 saturated carbocycles. The summed E-state index contributed by atoms with van der Waals surface area (Å²) in [7, 11) is 3.27. The number of amides is 1. The molecule has 4 rings (SSSR count). The van der Waals surface area contributed by atoms with Gasteiger partial charge >= 0.3 is 0 Å². The van der Waals surface area contributed by atoms with E-state index in [-0.39, 0.29) is 11.9 Å². The van der Waals surface area contributed by atoms with E-state index in [1.807, 2.05) is 35.7 Å². The van der Waals surface area contributed by atoms with Gasteiger partial charge in [0.2, 0.25) is 0 Å². The Bertz CT molecular complexity index is 878. The zero-order chi connectivity index (χ0) is 20.2. The van der Waals surface area contributed by atoms with Gasteiger partial charge in [-0.05, 0) is 29.6 Å². The van der Waals surface area contributed by atoms with E-state index < -0.39 is 0 Å². The Morgan fingerprint density at radius 2 is 2.07 bits per heavy atom. The zero-order valence-electron chi connectivity index (χ0n) is 16.7. The summed E-state index contributed by atoms with van der Waals surface area (Å²) in [6.45, 7) is 3.16. The van der Waals surface area contributed by atoms with Gasteiger partial charge in [0.15, 0.2) is 0 Å². The maximum Gasteiger partial charge on any atom is 0.257 e. The van der Waals surface area contributed by atoms with Crippen molar-refractivity contribution in [3.05, 3.63) is 46.2 Å². The molecular weight excluding hydrogens is 390 g/mol.